The molecule has 234 valence electrons. The van der Waals surface area contributed by atoms with Crippen molar-refractivity contribution in [3.05, 3.63) is 106 Å². The van der Waals surface area contributed by atoms with Crippen molar-refractivity contribution in [1.82, 2.24) is 4.90 Å². The highest BCUT2D eigenvalue weighted by Gasteiger charge is 2.53. The van der Waals surface area contributed by atoms with Gasteiger partial charge in [0.1, 0.15) is 0 Å². The Morgan fingerprint density at radius 3 is 2.64 bits per heavy atom. The lowest BCUT2D eigenvalue weighted by molar-refractivity contribution is -0.385. The number of likely N-dealkylation sites (tertiary alicyclic amines) is 1. The van der Waals surface area contributed by atoms with Crippen LogP contribution in [-0.2, 0) is 21.7 Å². The maximum absolute atomic E-state index is 14.0. The molecule has 0 aromatic heterocycles. The van der Waals surface area contributed by atoms with E-state index in [4.69, 9.17) is 5.73 Å². The van der Waals surface area contributed by atoms with E-state index in [-0.39, 0.29) is 48.7 Å². The average molecular weight is 614 g/mol. The Morgan fingerprint density at radius 1 is 1.18 bits per heavy atom. The van der Waals surface area contributed by atoms with Gasteiger partial charge in [0.15, 0.2) is 5.60 Å². The van der Waals surface area contributed by atoms with Crippen molar-refractivity contribution in [3.8, 4) is 0 Å². The first-order chi connectivity index (χ1) is 21.5. The summed E-state index contributed by atoms with van der Waals surface area (Å²) >= 11 is 0. The minimum atomic E-state index is -2.14. The first-order valence-corrected chi connectivity index (χ1v) is 14.7. The Kier molecular flexibility index (Phi) is 8.98. The molecule has 3 aromatic carbocycles. The molecule has 2 aliphatic heterocycles. The summed E-state index contributed by atoms with van der Waals surface area (Å²) in [6, 6.07) is 17.1. The number of non-ortho nitro benzene ring substituents is 1. The fourth-order valence-electron chi connectivity index (χ4n) is 5.96. The molecule has 45 heavy (non-hydrogen) atoms. The number of benzene rings is 3. The summed E-state index contributed by atoms with van der Waals surface area (Å²) < 4.78 is 0. The number of carbonyl (C=O) groups is 3. The van der Waals surface area contributed by atoms with E-state index in [1.165, 1.54) is 23.1 Å². The van der Waals surface area contributed by atoms with Crippen molar-refractivity contribution in [3.63, 3.8) is 0 Å². The number of aliphatic hydroxyl groups excluding tert-OH is 1. The van der Waals surface area contributed by atoms with E-state index in [1.54, 1.807) is 72.5 Å². The quantitative estimate of drug-likeness (QED) is 0.116. The Morgan fingerprint density at radius 2 is 1.93 bits per heavy atom. The third-order valence-corrected chi connectivity index (χ3v) is 8.45. The average Bonchev–Trinajstić information content (AvgIpc) is 3.59. The molecule has 12 heteroatoms. The first-order valence-electron chi connectivity index (χ1n) is 14.7. The molecule has 0 radical (unpaired) electrons. The van der Waals surface area contributed by atoms with Crippen LogP contribution in [0.25, 0.3) is 0 Å². The molecular formula is C33H35N5O7. The fraction of sp³-hybridized carbons (Fsp3) is 0.303. The van der Waals surface area contributed by atoms with Crippen LogP contribution in [0.15, 0.2) is 78.9 Å². The number of anilines is 3. The summed E-state index contributed by atoms with van der Waals surface area (Å²) in [4.78, 5) is 53.5. The number of nitrogens with zero attached hydrogens (tertiary/aromatic N) is 3. The summed E-state index contributed by atoms with van der Waals surface area (Å²) in [6.07, 6.45) is 4.72. The summed E-state index contributed by atoms with van der Waals surface area (Å²) in [5, 5.41) is 35.9. The number of rotatable bonds is 10. The zero-order chi connectivity index (χ0) is 32.3. The van der Waals surface area contributed by atoms with E-state index in [9.17, 15) is 34.7 Å². The first kappa shape index (κ1) is 31.4. The molecule has 2 aliphatic rings. The molecule has 3 amide bonds. The van der Waals surface area contributed by atoms with Crippen LogP contribution in [0.4, 0.5) is 22.7 Å². The largest absolute Gasteiger partial charge is 0.399 e. The molecule has 1 saturated heterocycles. The van der Waals surface area contributed by atoms with Gasteiger partial charge in [-0.3, -0.25) is 24.5 Å². The maximum atomic E-state index is 14.0. The zero-order valence-electron chi connectivity index (χ0n) is 24.8. The van der Waals surface area contributed by atoms with E-state index in [0.717, 1.165) is 12.8 Å². The van der Waals surface area contributed by atoms with E-state index in [1.807, 2.05) is 0 Å². The second-order valence-electron chi connectivity index (χ2n) is 11.4. The molecular weight excluding hydrogens is 578 g/mol. The molecule has 0 spiro atoms. The second kappa shape index (κ2) is 12.9. The van der Waals surface area contributed by atoms with Crippen molar-refractivity contribution in [2.45, 2.75) is 44.4 Å². The van der Waals surface area contributed by atoms with Gasteiger partial charge in [-0.2, -0.15) is 0 Å². The number of nitrogen functional groups attached to an aromatic ring is 1. The molecule has 5 rings (SSSR count). The Balaban J connectivity index is 1.37. The van der Waals surface area contributed by atoms with Crippen LogP contribution in [0.1, 0.15) is 47.7 Å². The van der Waals surface area contributed by atoms with Gasteiger partial charge >= 0.3 is 0 Å². The van der Waals surface area contributed by atoms with Gasteiger partial charge in [-0.1, -0.05) is 31.2 Å². The Bertz CT molecular complexity index is 1660. The highest BCUT2D eigenvalue weighted by atomic mass is 16.6. The van der Waals surface area contributed by atoms with Gasteiger partial charge in [0.05, 0.1) is 29.8 Å². The number of aliphatic hydroxyl groups is 2. The van der Waals surface area contributed by atoms with Gasteiger partial charge in [-0.25, -0.2) is 0 Å². The SMILES string of the molecule is C[C@H](/C=C/CC(=O)N1CCC[C@H]1CO)[C@@]1(O)C(=O)N(Cc2cccc(NC(=O)c3ccc(N)cc3)c2)c2ccc([N+](=O)[O-])cc21. The normalized spacial score (nSPS) is 20.0. The monoisotopic (exact) mass is 613 g/mol. The van der Waals surface area contributed by atoms with Crippen molar-refractivity contribution in [1.29, 1.82) is 0 Å². The van der Waals surface area contributed by atoms with Crippen LogP contribution in [0.5, 0.6) is 0 Å². The number of fused-ring (bicyclic) bond motifs is 1. The smallest absolute Gasteiger partial charge is 0.269 e. The summed E-state index contributed by atoms with van der Waals surface area (Å²) in [5.41, 5.74) is 5.80. The number of nitro benzene ring substituents is 1. The molecule has 12 nitrogen and oxygen atoms in total. The zero-order valence-corrected chi connectivity index (χ0v) is 24.8. The predicted octanol–water partition coefficient (Wildman–Crippen LogP) is 3.73. The van der Waals surface area contributed by atoms with Crippen molar-refractivity contribution < 1.29 is 29.5 Å². The molecule has 0 aliphatic carbocycles. The number of nitrogens with two attached hydrogens (primary N) is 1. The lowest BCUT2D eigenvalue weighted by atomic mass is 9.82. The molecule has 5 N–H and O–H groups in total. The number of nitrogens with one attached hydrogen (secondary N) is 1. The van der Waals surface area contributed by atoms with Gasteiger partial charge in [0.2, 0.25) is 5.91 Å². The molecule has 0 bridgehead atoms. The molecule has 0 saturated carbocycles. The standard InChI is InChI=1S/C33H35N5O7/c1-21(5-2-9-30(40)36-16-4-8-27(36)20-39)33(43)28-18-26(38(44)45)14-15-29(28)37(32(33)42)19-22-6-3-7-25(17-22)35-31(41)23-10-12-24(34)13-11-23/h2-3,5-7,10-15,17-18,21,27,39,43H,4,8-9,16,19-20,34H2,1H3,(H,35,41)/b5-2+/t21-,27+,33+/m1/s1. The number of nitro groups is 1. The summed E-state index contributed by atoms with van der Waals surface area (Å²) in [5.74, 6) is -2.02. The van der Waals surface area contributed by atoms with Crippen LogP contribution in [0.3, 0.4) is 0 Å². The van der Waals surface area contributed by atoms with E-state index in [0.29, 0.717) is 34.7 Å². The van der Waals surface area contributed by atoms with Crippen LogP contribution < -0.4 is 16.0 Å². The van der Waals surface area contributed by atoms with Gasteiger partial charge in [0.25, 0.3) is 17.5 Å². The fourth-order valence-corrected chi connectivity index (χ4v) is 5.96. The topological polar surface area (TPSA) is 179 Å². The lowest BCUT2D eigenvalue weighted by Gasteiger charge is -2.28. The van der Waals surface area contributed by atoms with Crippen LogP contribution in [0.2, 0.25) is 0 Å². The number of hydrogen-bond acceptors (Lipinski definition) is 8. The minimum Gasteiger partial charge on any atom is -0.399 e. The Labute approximate surface area is 259 Å². The van der Waals surface area contributed by atoms with Gasteiger partial charge < -0.3 is 31.1 Å². The highest BCUT2D eigenvalue weighted by Crippen LogP contribution is 2.47. The summed E-state index contributed by atoms with van der Waals surface area (Å²) in [6.45, 7) is 2.09. The maximum Gasteiger partial charge on any atom is 0.269 e. The van der Waals surface area contributed by atoms with Gasteiger partial charge in [-0.05, 0) is 60.9 Å². The second-order valence-corrected chi connectivity index (χ2v) is 11.4. The number of amides is 3. The third-order valence-electron chi connectivity index (χ3n) is 8.45. The third kappa shape index (κ3) is 6.28. The number of hydrogen-bond donors (Lipinski definition) is 4. The van der Waals surface area contributed by atoms with E-state index >= 15 is 0 Å². The molecule has 3 aromatic rings. The molecule has 2 heterocycles. The summed E-state index contributed by atoms with van der Waals surface area (Å²) in [7, 11) is 0. The highest BCUT2D eigenvalue weighted by molar-refractivity contribution is 6.07. The van der Waals surface area contributed by atoms with Crippen molar-refractivity contribution in [2.24, 2.45) is 5.92 Å². The number of carbonyl (C=O) groups excluding carboxylic acids is 3. The van der Waals surface area contributed by atoms with Crippen molar-refractivity contribution >= 4 is 40.5 Å². The van der Waals surface area contributed by atoms with Crippen LogP contribution in [-0.4, -0.2) is 57.0 Å². The molecule has 3 atom stereocenters. The van der Waals surface area contributed by atoms with Crippen molar-refractivity contribution in [2.75, 3.05) is 29.1 Å². The van der Waals surface area contributed by atoms with Crippen LogP contribution in [0, 0.1) is 16.0 Å². The van der Waals surface area contributed by atoms with Gasteiger partial charge in [-0.15, -0.1) is 0 Å². The minimum absolute atomic E-state index is 0.0178. The van der Waals surface area contributed by atoms with Gasteiger partial charge in [0, 0.05) is 53.5 Å². The molecule has 0 unspecified atom stereocenters. The van der Waals surface area contributed by atoms with E-state index < -0.39 is 22.3 Å². The van der Waals surface area contributed by atoms with E-state index in [2.05, 4.69) is 5.32 Å². The van der Waals surface area contributed by atoms with Crippen LogP contribution >= 0.6 is 0 Å². The predicted molar refractivity (Wildman–Crippen MR) is 168 cm³/mol. The molecule has 1 fully saturated rings. The Hall–Kier alpha value is -5.07. The lowest BCUT2D eigenvalue weighted by Crippen LogP contribution is -2.44.